The van der Waals surface area contributed by atoms with Gasteiger partial charge in [-0.2, -0.15) is 13.2 Å². The molecule has 41 heavy (non-hydrogen) atoms. The van der Waals surface area contributed by atoms with Gasteiger partial charge in [-0.3, -0.25) is 9.99 Å². The SMILES string of the molecule is C#Cc1cnc2c(Cl)cc(N[C@H](C3=CN(C4(C(F)(F)F)CC4)NN3)c3ccnc(OC)c3)cc2c1NCC(C)(C)C. The summed E-state index contributed by atoms with van der Waals surface area (Å²) in [6.07, 6.45) is 6.06. The van der Waals surface area contributed by atoms with Gasteiger partial charge in [-0.15, -0.1) is 12.0 Å². The summed E-state index contributed by atoms with van der Waals surface area (Å²) in [6, 6.07) is 6.46. The Balaban J connectivity index is 1.57. The number of halogens is 4. The normalized spacial score (nSPS) is 17.0. The summed E-state index contributed by atoms with van der Waals surface area (Å²) in [4.78, 5) is 8.66. The Bertz CT molecular complexity index is 1540. The lowest BCUT2D eigenvalue weighted by atomic mass is 9.96. The van der Waals surface area contributed by atoms with Crippen molar-refractivity contribution in [1.29, 1.82) is 0 Å². The van der Waals surface area contributed by atoms with Gasteiger partial charge in [-0.1, -0.05) is 38.3 Å². The van der Waals surface area contributed by atoms with Crippen LogP contribution in [0.5, 0.6) is 5.88 Å². The molecule has 1 aromatic carbocycles. The van der Waals surface area contributed by atoms with Crippen LogP contribution in [0.4, 0.5) is 24.5 Å². The number of hydrogen-bond acceptors (Lipinski definition) is 8. The van der Waals surface area contributed by atoms with Crippen LogP contribution in [0.25, 0.3) is 10.9 Å². The first-order valence-electron chi connectivity index (χ1n) is 13.0. The second kappa shape index (κ2) is 10.5. The van der Waals surface area contributed by atoms with E-state index in [2.05, 4.69) is 58.3 Å². The summed E-state index contributed by atoms with van der Waals surface area (Å²) in [7, 11) is 1.50. The highest BCUT2D eigenvalue weighted by Crippen LogP contribution is 2.53. The number of terminal acetylenes is 1. The number of nitrogens with zero attached hydrogens (tertiary/aromatic N) is 3. The Hall–Kier alpha value is -3.88. The molecule has 0 unspecified atom stereocenters. The van der Waals surface area contributed by atoms with Crippen molar-refractivity contribution in [3.8, 4) is 18.2 Å². The number of hydrazine groups is 2. The van der Waals surface area contributed by atoms with Crippen molar-refractivity contribution in [2.75, 3.05) is 24.3 Å². The van der Waals surface area contributed by atoms with Crippen molar-refractivity contribution >= 4 is 33.9 Å². The first kappa shape index (κ1) is 28.6. The topological polar surface area (TPSA) is 86.4 Å². The largest absolute Gasteiger partial charge is 0.481 e. The zero-order valence-corrected chi connectivity index (χ0v) is 23.8. The molecule has 0 bridgehead atoms. The molecular weight excluding hydrogens is 555 g/mol. The van der Waals surface area contributed by atoms with Crippen LogP contribution >= 0.6 is 11.6 Å². The molecule has 1 aliphatic heterocycles. The Morgan fingerprint density at radius 2 is 1.98 bits per heavy atom. The Morgan fingerprint density at radius 1 is 1.22 bits per heavy atom. The molecular formula is C29H31ClF3N7O. The average molecular weight is 586 g/mol. The number of ether oxygens (including phenoxy) is 1. The monoisotopic (exact) mass is 585 g/mol. The second-order valence-corrected chi connectivity index (χ2v) is 11.8. The van der Waals surface area contributed by atoms with Crippen molar-refractivity contribution < 1.29 is 17.9 Å². The minimum absolute atomic E-state index is 0.00523. The Morgan fingerprint density at radius 3 is 2.61 bits per heavy atom. The molecule has 4 N–H and O–H groups in total. The van der Waals surface area contributed by atoms with Crippen LogP contribution in [0, 0.1) is 17.8 Å². The predicted molar refractivity (Wildman–Crippen MR) is 154 cm³/mol. The van der Waals surface area contributed by atoms with E-state index in [1.54, 1.807) is 30.6 Å². The highest BCUT2D eigenvalue weighted by Gasteiger charge is 2.67. The highest BCUT2D eigenvalue weighted by molar-refractivity contribution is 6.35. The first-order chi connectivity index (χ1) is 19.3. The van der Waals surface area contributed by atoms with E-state index >= 15 is 0 Å². The lowest BCUT2D eigenvalue weighted by Crippen LogP contribution is -2.52. The van der Waals surface area contributed by atoms with Crippen molar-refractivity contribution in [2.24, 2.45) is 5.41 Å². The molecule has 2 aliphatic rings. The van der Waals surface area contributed by atoms with Crippen LogP contribution in [0.1, 0.15) is 50.8 Å². The van der Waals surface area contributed by atoms with Crippen LogP contribution in [0.2, 0.25) is 5.02 Å². The van der Waals surface area contributed by atoms with Gasteiger partial charge in [0.1, 0.15) is 0 Å². The summed E-state index contributed by atoms with van der Waals surface area (Å²) in [5.41, 5.74) is 7.31. The van der Waals surface area contributed by atoms with Crippen molar-refractivity contribution in [3.05, 3.63) is 64.7 Å². The molecule has 216 valence electrons. The maximum Gasteiger partial charge on any atom is 0.413 e. The number of anilines is 2. The summed E-state index contributed by atoms with van der Waals surface area (Å²) in [6.45, 7) is 6.97. The van der Waals surface area contributed by atoms with Crippen LogP contribution in [0.3, 0.4) is 0 Å². The number of hydrogen-bond donors (Lipinski definition) is 4. The van der Waals surface area contributed by atoms with Crippen molar-refractivity contribution in [1.82, 2.24) is 25.9 Å². The smallest absolute Gasteiger partial charge is 0.413 e. The van der Waals surface area contributed by atoms with E-state index in [0.717, 1.165) is 10.7 Å². The van der Waals surface area contributed by atoms with Gasteiger partial charge in [-0.25, -0.2) is 4.98 Å². The number of alkyl halides is 3. The fourth-order valence-corrected chi connectivity index (χ4v) is 4.97. The molecule has 2 aromatic heterocycles. The molecule has 5 rings (SSSR count). The molecule has 0 spiro atoms. The fourth-order valence-electron chi connectivity index (χ4n) is 4.70. The number of aromatic nitrogens is 2. The number of fused-ring (bicyclic) bond motifs is 1. The predicted octanol–water partition coefficient (Wildman–Crippen LogP) is 6.15. The lowest BCUT2D eigenvalue weighted by molar-refractivity contribution is -0.195. The summed E-state index contributed by atoms with van der Waals surface area (Å²) in [5, 5.41) is 9.10. The molecule has 0 saturated heterocycles. The zero-order valence-electron chi connectivity index (χ0n) is 23.1. The average Bonchev–Trinajstić information content (AvgIpc) is 3.61. The van der Waals surface area contributed by atoms with Crippen molar-refractivity contribution in [3.63, 3.8) is 0 Å². The van der Waals surface area contributed by atoms with E-state index in [1.165, 1.54) is 13.3 Å². The van der Waals surface area contributed by atoms with Gasteiger partial charge in [0.25, 0.3) is 0 Å². The maximum atomic E-state index is 13.9. The molecule has 0 amide bonds. The molecule has 1 saturated carbocycles. The number of methoxy groups -OCH3 is 1. The van der Waals surface area contributed by atoms with Crippen LogP contribution in [-0.4, -0.2) is 40.3 Å². The first-order valence-corrected chi connectivity index (χ1v) is 13.4. The van der Waals surface area contributed by atoms with Gasteiger partial charge in [0.2, 0.25) is 5.88 Å². The van der Waals surface area contributed by atoms with Crippen molar-refractivity contribution in [2.45, 2.75) is 51.4 Å². The van der Waals surface area contributed by atoms with E-state index in [9.17, 15) is 13.2 Å². The molecule has 1 fully saturated rings. The molecule has 3 heterocycles. The van der Waals surface area contributed by atoms with Crippen LogP contribution < -0.4 is 26.3 Å². The molecule has 1 atom stereocenters. The third-order valence-electron chi connectivity index (χ3n) is 7.10. The van der Waals surface area contributed by atoms with Gasteiger partial charge < -0.3 is 20.8 Å². The minimum Gasteiger partial charge on any atom is -0.481 e. The number of nitrogens with one attached hydrogen (secondary N) is 4. The minimum atomic E-state index is -4.39. The van der Waals surface area contributed by atoms with Gasteiger partial charge in [-0.05, 0) is 42.0 Å². The standard InChI is InChI=1S/C29H31ClF3N7O/c1-6-17-14-35-26-20(24(17)36-16-27(2,3)4)12-19(13-21(26)30)37-25(18-7-10-34-23(11-18)41-5)22-15-40(39-38-22)28(8-9-28)29(31,32)33/h1,7,10-15,25,37-39H,8-9,16H2,2-5H3,(H,35,36)/t25-/m0/s1. The zero-order chi connectivity index (χ0) is 29.6. The molecule has 8 nitrogen and oxygen atoms in total. The third-order valence-corrected chi connectivity index (χ3v) is 7.39. The molecule has 0 radical (unpaired) electrons. The van der Waals surface area contributed by atoms with E-state index in [4.69, 9.17) is 22.8 Å². The number of pyridine rings is 2. The van der Waals surface area contributed by atoms with Gasteiger partial charge in [0, 0.05) is 42.3 Å². The van der Waals surface area contributed by atoms with Gasteiger partial charge >= 0.3 is 6.18 Å². The van der Waals surface area contributed by atoms with Gasteiger partial charge in [0.05, 0.1) is 40.6 Å². The van der Waals surface area contributed by atoms with E-state index in [0.29, 0.717) is 50.9 Å². The maximum absolute atomic E-state index is 13.9. The summed E-state index contributed by atoms with van der Waals surface area (Å²) < 4.78 is 46.9. The molecule has 3 aromatic rings. The summed E-state index contributed by atoms with van der Waals surface area (Å²) >= 11 is 6.71. The van der Waals surface area contributed by atoms with Crippen LogP contribution in [-0.2, 0) is 0 Å². The van der Waals surface area contributed by atoms with E-state index in [-0.39, 0.29) is 18.3 Å². The third kappa shape index (κ3) is 5.67. The fraction of sp³-hybridized carbons (Fsp3) is 0.379. The lowest BCUT2D eigenvalue weighted by Gasteiger charge is -2.28. The van der Waals surface area contributed by atoms with E-state index < -0.39 is 17.8 Å². The Labute approximate surface area is 241 Å². The quantitative estimate of drug-likeness (QED) is 0.234. The number of benzene rings is 1. The summed E-state index contributed by atoms with van der Waals surface area (Å²) in [5.74, 6) is 3.05. The Kier molecular flexibility index (Phi) is 7.34. The van der Waals surface area contributed by atoms with E-state index in [1.807, 2.05) is 6.07 Å². The second-order valence-electron chi connectivity index (χ2n) is 11.4. The highest BCUT2D eigenvalue weighted by atomic mass is 35.5. The number of rotatable bonds is 8. The van der Waals surface area contributed by atoms with Crippen LogP contribution in [0.15, 0.2) is 48.6 Å². The molecule has 1 aliphatic carbocycles. The van der Waals surface area contributed by atoms with Gasteiger partial charge in [0.15, 0.2) is 5.54 Å². The molecule has 12 heteroatoms.